The summed E-state index contributed by atoms with van der Waals surface area (Å²) in [6.07, 6.45) is 2.52. The van der Waals surface area contributed by atoms with Crippen molar-refractivity contribution in [1.29, 1.82) is 0 Å². The average molecular weight is 364 g/mol. The molecule has 0 aromatic heterocycles. The van der Waals surface area contributed by atoms with Crippen LogP contribution >= 0.6 is 0 Å². The maximum absolute atomic E-state index is 12.2. The average Bonchev–Trinajstić information content (AvgIpc) is 2.54. The second-order valence-corrected chi connectivity index (χ2v) is 5.93. The lowest BCUT2D eigenvalue weighted by Crippen LogP contribution is -2.16. The van der Waals surface area contributed by atoms with Crippen molar-refractivity contribution in [1.82, 2.24) is 0 Å². The molecule has 0 spiro atoms. The summed E-state index contributed by atoms with van der Waals surface area (Å²) in [6, 6.07) is 5.56. The van der Waals surface area contributed by atoms with Crippen LogP contribution in [0.1, 0.15) is 25.3 Å². The Morgan fingerprint density at radius 1 is 1.23 bits per heavy atom. The molecular formula is C20H19F3O3. The number of rotatable bonds is 5. The highest BCUT2D eigenvalue weighted by molar-refractivity contribution is 5.91. The first-order valence-electron chi connectivity index (χ1n) is 7.99. The summed E-state index contributed by atoms with van der Waals surface area (Å²) < 4.78 is 40.5. The van der Waals surface area contributed by atoms with Crippen molar-refractivity contribution in [3.05, 3.63) is 72.0 Å². The summed E-state index contributed by atoms with van der Waals surface area (Å²) in [7, 11) is 0. The summed E-state index contributed by atoms with van der Waals surface area (Å²) >= 11 is 0. The van der Waals surface area contributed by atoms with Crippen molar-refractivity contribution in [2.75, 3.05) is 0 Å². The van der Waals surface area contributed by atoms with Crippen molar-refractivity contribution in [2.24, 2.45) is 5.92 Å². The van der Waals surface area contributed by atoms with Crippen molar-refractivity contribution in [3.63, 3.8) is 0 Å². The second kappa shape index (κ2) is 8.08. The molecule has 138 valence electrons. The van der Waals surface area contributed by atoms with E-state index in [0.717, 1.165) is 5.57 Å². The van der Waals surface area contributed by atoms with Crippen LogP contribution in [0.3, 0.4) is 0 Å². The molecule has 1 unspecified atom stereocenters. The molecule has 1 N–H and O–H groups in total. The predicted octanol–water partition coefficient (Wildman–Crippen LogP) is 5.52. The van der Waals surface area contributed by atoms with E-state index in [1.165, 1.54) is 30.3 Å². The van der Waals surface area contributed by atoms with E-state index in [1.807, 2.05) is 6.08 Å². The fourth-order valence-corrected chi connectivity index (χ4v) is 2.67. The number of carbonyl (C=O) groups is 1. The van der Waals surface area contributed by atoms with Gasteiger partial charge in [0.25, 0.3) is 0 Å². The molecular weight excluding hydrogens is 345 g/mol. The minimum Gasteiger partial charge on any atom is -0.512 e. The number of ether oxygens (including phenoxy) is 1. The van der Waals surface area contributed by atoms with E-state index in [0.29, 0.717) is 24.0 Å². The number of alkyl halides is 3. The van der Waals surface area contributed by atoms with Crippen LogP contribution in [0.4, 0.5) is 13.2 Å². The van der Waals surface area contributed by atoms with Crippen LogP contribution in [0.15, 0.2) is 66.5 Å². The fraction of sp³-hybridized carbons (Fsp3) is 0.250. The quantitative estimate of drug-likeness (QED) is 0.700. The maximum atomic E-state index is 12.2. The van der Waals surface area contributed by atoms with Gasteiger partial charge in [-0.15, -0.1) is 13.2 Å². The van der Waals surface area contributed by atoms with Crippen LogP contribution in [0, 0.1) is 5.92 Å². The summed E-state index contributed by atoms with van der Waals surface area (Å²) in [4.78, 5) is 11.5. The molecule has 26 heavy (non-hydrogen) atoms. The van der Waals surface area contributed by atoms with Crippen LogP contribution in [-0.2, 0) is 4.79 Å². The zero-order valence-electron chi connectivity index (χ0n) is 14.2. The molecule has 1 aliphatic rings. The van der Waals surface area contributed by atoms with Gasteiger partial charge in [0.15, 0.2) is 5.78 Å². The smallest absolute Gasteiger partial charge is 0.512 e. The van der Waals surface area contributed by atoms with Gasteiger partial charge in [0, 0.05) is 18.9 Å². The van der Waals surface area contributed by atoms with Crippen LogP contribution in [0.2, 0.25) is 0 Å². The van der Waals surface area contributed by atoms with E-state index < -0.39 is 6.36 Å². The summed E-state index contributed by atoms with van der Waals surface area (Å²) in [5.41, 5.74) is 2.20. The topological polar surface area (TPSA) is 46.5 Å². The minimum absolute atomic E-state index is 0.0484. The molecule has 3 nitrogen and oxygen atoms in total. The van der Waals surface area contributed by atoms with Crippen LogP contribution < -0.4 is 4.74 Å². The van der Waals surface area contributed by atoms with Crippen LogP contribution in [0.25, 0.3) is 5.57 Å². The first-order chi connectivity index (χ1) is 12.2. The highest BCUT2D eigenvalue weighted by atomic mass is 19.4. The molecule has 0 bridgehead atoms. The standard InChI is InChI=1S/C20H19F3O3/c1-3-14(15-6-8-19(9-7-15)26-20(21,22)23)5-4-13(2)16-10-17(24)12-18(25)11-16/h3-9,12,16,24H,2,10-11H2,1H3/b5-4-,14-3+. The lowest BCUT2D eigenvalue weighted by molar-refractivity contribution is -0.274. The monoisotopic (exact) mass is 364 g/mol. The molecule has 0 heterocycles. The molecule has 6 heteroatoms. The van der Waals surface area contributed by atoms with Gasteiger partial charge in [-0.1, -0.05) is 42.5 Å². The van der Waals surface area contributed by atoms with Gasteiger partial charge in [-0.2, -0.15) is 0 Å². The van der Waals surface area contributed by atoms with Crippen molar-refractivity contribution >= 4 is 11.4 Å². The first-order valence-corrected chi connectivity index (χ1v) is 7.99. The van der Waals surface area contributed by atoms with E-state index in [4.69, 9.17) is 0 Å². The second-order valence-electron chi connectivity index (χ2n) is 5.93. The largest absolute Gasteiger partial charge is 0.573 e. The highest BCUT2D eigenvalue weighted by Crippen LogP contribution is 2.29. The Labute approximate surface area is 149 Å². The van der Waals surface area contributed by atoms with Crippen molar-refractivity contribution in [2.45, 2.75) is 26.1 Å². The molecule has 0 saturated carbocycles. The Balaban J connectivity index is 2.07. The molecule has 0 aliphatic heterocycles. The van der Waals surface area contributed by atoms with Gasteiger partial charge in [0.2, 0.25) is 0 Å². The molecule has 1 aliphatic carbocycles. The number of aliphatic hydroxyl groups is 1. The predicted molar refractivity (Wildman–Crippen MR) is 93.5 cm³/mol. The van der Waals surface area contributed by atoms with Gasteiger partial charge in [0.1, 0.15) is 5.75 Å². The number of aliphatic hydroxyl groups excluding tert-OH is 1. The highest BCUT2D eigenvalue weighted by Gasteiger charge is 2.31. The summed E-state index contributed by atoms with van der Waals surface area (Å²) in [5, 5.41) is 9.58. The van der Waals surface area contributed by atoms with Gasteiger partial charge < -0.3 is 9.84 Å². The van der Waals surface area contributed by atoms with Gasteiger partial charge in [-0.25, -0.2) is 0 Å². The Morgan fingerprint density at radius 2 is 1.88 bits per heavy atom. The third kappa shape index (κ3) is 5.65. The molecule has 2 rings (SSSR count). The number of halogens is 3. The Kier molecular flexibility index (Phi) is 6.08. The van der Waals surface area contributed by atoms with Gasteiger partial charge in [0.05, 0.1) is 5.76 Å². The van der Waals surface area contributed by atoms with Gasteiger partial charge >= 0.3 is 6.36 Å². The molecule has 0 amide bonds. The first kappa shape index (κ1) is 19.6. The summed E-state index contributed by atoms with van der Waals surface area (Å²) in [5.74, 6) is -0.537. The van der Waals surface area contributed by atoms with Gasteiger partial charge in [-0.3, -0.25) is 4.79 Å². The Bertz CT molecular complexity index is 768. The number of benzene rings is 1. The van der Waals surface area contributed by atoms with E-state index in [9.17, 15) is 23.1 Å². The van der Waals surface area contributed by atoms with Crippen LogP contribution in [-0.4, -0.2) is 17.3 Å². The molecule has 1 atom stereocenters. The lowest BCUT2D eigenvalue weighted by atomic mass is 9.86. The van der Waals surface area contributed by atoms with Crippen molar-refractivity contribution in [3.8, 4) is 5.75 Å². The SMILES string of the molecule is C=C(/C=C\C(=C/C)c1ccc(OC(F)(F)F)cc1)C1CC(=O)C=C(O)C1. The van der Waals surface area contributed by atoms with E-state index >= 15 is 0 Å². The zero-order chi connectivity index (χ0) is 19.3. The van der Waals surface area contributed by atoms with E-state index in [2.05, 4.69) is 11.3 Å². The molecule has 1 aromatic carbocycles. The van der Waals surface area contributed by atoms with E-state index in [1.54, 1.807) is 19.1 Å². The van der Waals surface area contributed by atoms with Crippen LogP contribution in [0.5, 0.6) is 5.75 Å². The number of ketones is 1. The van der Waals surface area contributed by atoms with Gasteiger partial charge in [-0.05, 0) is 36.1 Å². The molecule has 0 saturated heterocycles. The lowest BCUT2D eigenvalue weighted by Gasteiger charge is -2.19. The number of hydrogen-bond acceptors (Lipinski definition) is 3. The fourth-order valence-electron chi connectivity index (χ4n) is 2.67. The van der Waals surface area contributed by atoms with E-state index in [-0.39, 0.29) is 23.2 Å². The molecule has 1 aromatic rings. The number of carbonyl (C=O) groups excluding carboxylic acids is 1. The number of allylic oxidation sites excluding steroid dienone is 7. The third-order valence-electron chi connectivity index (χ3n) is 3.96. The Hall–Kier alpha value is -2.76. The van der Waals surface area contributed by atoms with Crippen molar-refractivity contribution < 1.29 is 27.8 Å². The third-order valence-corrected chi connectivity index (χ3v) is 3.96. The minimum atomic E-state index is -4.72. The zero-order valence-corrected chi connectivity index (χ0v) is 14.2. The molecule has 0 radical (unpaired) electrons. The number of hydrogen-bond donors (Lipinski definition) is 1. The molecule has 0 fully saturated rings. The summed E-state index contributed by atoms with van der Waals surface area (Å²) in [6.45, 7) is 5.76. The maximum Gasteiger partial charge on any atom is 0.573 e. The Morgan fingerprint density at radius 3 is 2.42 bits per heavy atom. The normalized spacial score (nSPS) is 18.8.